The van der Waals surface area contributed by atoms with E-state index in [-0.39, 0.29) is 28.2 Å². The van der Waals surface area contributed by atoms with E-state index in [0.717, 1.165) is 18.9 Å². The zero-order valence-corrected chi connectivity index (χ0v) is 16.8. The molecule has 1 saturated heterocycles. The molecule has 0 aliphatic carbocycles. The molecule has 0 atom stereocenters. The molecule has 0 saturated carbocycles. The number of H-pyrrole nitrogens is 1. The van der Waals surface area contributed by atoms with Crippen molar-refractivity contribution in [1.82, 2.24) is 15.1 Å². The molecule has 0 radical (unpaired) electrons. The van der Waals surface area contributed by atoms with Gasteiger partial charge in [0.15, 0.2) is 17.3 Å². The number of sulfonamides is 1. The van der Waals surface area contributed by atoms with E-state index in [9.17, 15) is 17.6 Å². The molecule has 2 N–H and O–H groups in total. The number of likely N-dealkylation sites (tertiary alicyclic amines) is 1. The third-order valence-electron chi connectivity index (χ3n) is 4.76. The summed E-state index contributed by atoms with van der Waals surface area (Å²) in [6.45, 7) is 1.34. The summed E-state index contributed by atoms with van der Waals surface area (Å²) in [7, 11) is -2.81. The highest BCUT2D eigenvalue weighted by molar-refractivity contribution is 7.92. The zero-order valence-electron chi connectivity index (χ0n) is 16.0. The van der Waals surface area contributed by atoms with Crippen LogP contribution in [0.4, 0.5) is 10.1 Å². The summed E-state index contributed by atoms with van der Waals surface area (Å²) in [5.74, 6) is -0.756. The van der Waals surface area contributed by atoms with Gasteiger partial charge in [0.2, 0.25) is 5.09 Å². The molecule has 3 aromatic rings. The van der Waals surface area contributed by atoms with E-state index in [1.54, 1.807) is 4.90 Å². The lowest BCUT2D eigenvalue weighted by Gasteiger charge is -2.14. The van der Waals surface area contributed by atoms with Gasteiger partial charge in [0.1, 0.15) is 5.69 Å². The molecule has 0 unspecified atom stereocenters. The third kappa shape index (κ3) is 3.75. The number of aromatic amines is 1. The number of carbonyl (C=O) groups excluding carboxylic acids is 1. The number of carbonyl (C=O) groups is 1. The van der Waals surface area contributed by atoms with Crippen LogP contribution in [-0.2, 0) is 10.0 Å². The number of hydrogen-bond donors (Lipinski definition) is 2. The topological polar surface area (TPSA) is 118 Å². The summed E-state index contributed by atoms with van der Waals surface area (Å²) in [5.41, 5.74) is 0.613. The van der Waals surface area contributed by atoms with Crippen molar-refractivity contribution < 1.29 is 26.8 Å². The maximum atomic E-state index is 13.8. The fraction of sp³-hybridized carbons (Fsp3) is 0.263. The molecule has 0 spiro atoms. The van der Waals surface area contributed by atoms with Crippen molar-refractivity contribution in [2.75, 3.05) is 24.9 Å². The zero-order chi connectivity index (χ0) is 21.3. The normalized spacial score (nSPS) is 14.1. The van der Waals surface area contributed by atoms with Crippen molar-refractivity contribution >= 4 is 21.6 Å². The maximum absolute atomic E-state index is 13.8. The lowest BCUT2D eigenvalue weighted by Crippen LogP contribution is -2.27. The van der Waals surface area contributed by atoms with Crippen molar-refractivity contribution in [3.63, 3.8) is 0 Å². The van der Waals surface area contributed by atoms with E-state index in [0.29, 0.717) is 24.3 Å². The quantitative estimate of drug-likeness (QED) is 0.616. The summed E-state index contributed by atoms with van der Waals surface area (Å²) < 4.78 is 51.6. The van der Waals surface area contributed by atoms with Gasteiger partial charge in [0, 0.05) is 19.2 Å². The molecular formula is C19H19FN4O5S. The van der Waals surface area contributed by atoms with Gasteiger partial charge in [-0.3, -0.25) is 14.6 Å². The smallest absolute Gasteiger partial charge is 0.295 e. The highest BCUT2D eigenvalue weighted by Gasteiger charge is 2.26. The van der Waals surface area contributed by atoms with Crippen LogP contribution >= 0.6 is 0 Å². The average Bonchev–Trinajstić information content (AvgIpc) is 3.48. The number of halogens is 1. The van der Waals surface area contributed by atoms with Crippen LogP contribution in [0.5, 0.6) is 5.75 Å². The molecule has 1 fully saturated rings. The third-order valence-corrected chi connectivity index (χ3v) is 6.01. The first kappa shape index (κ1) is 20.0. The second-order valence-electron chi connectivity index (χ2n) is 6.73. The lowest BCUT2D eigenvalue weighted by atomic mass is 10.2. The number of methoxy groups -OCH3 is 1. The van der Waals surface area contributed by atoms with Gasteiger partial charge >= 0.3 is 0 Å². The molecule has 3 heterocycles. The van der Waals surface area contributed by atoms with Gasteiger partial charge in [0.25, 0.3) is 15.9 Å². The van der Waals surface area contributed by atoms with E-state index >= 15 is 0 Å². The summed E-state index contributed by atoms with van der Waals surface area (Å²) in [4.78, 5) is 14.4. The molecule has 1 aliphatic heterocycles. The molecule has 2 aromatic heterocycles. The minimum absolute atomic E-state index is 0.00678. The molecule has 0 bridgehead atoms. The number of furan rings is 1. The highest BCUT2D eigenvalue weighted by Crippen LogP contribution is 2.29. The molecule has 158 valence electrons. The second kappa shape index (κ2) is 7.82. The van der Waals surface area contributed by atoms with Gasteiger partial charge in [-0.05, 0) is 37.1 Å². The Morgan fingerprint density at radius 3 is 2.73 bits per heavy atom. The number of hydrogen-bond acceptors (Lipinski definition) is 6. The van der Waals surface area contributed by atoms with Crippen LogP contribution in [0.25, 0.3) is 11.5 Å². The van der Waals surface area contributed by atoms with E-state index < -0.39 is 15.8 Å². The van der Waals surface area contributed by atoms with Gasteiger partial charge in [-0.1, -0.05) is 0 Å². The standard InChI is InChI=1S/C19H19FN4O5S/c1-28-15-5-4-12(10-14(15)20)23-30(26,27)17-7-6-16(29-17)18-13(11-21-22-18)19(25)24-8-2-3-9-24/h4-7,10-11,23H,2-3,8-9H2,1H3,(H,21,22). The van der Waals surface area contributed by atoms with Crippen molar-refractivity contribution in [3.05, 3.63) is 47.9 Å². The molecule has 1 aliphatic rings. The Hall–Kier alpha value is -3.34. The highest BCUT2D eigenvalue weighted by atomic mass is 32.2. The van der Waals surface area contributed by atoms with Crippen molar-refractivity contribution in [2.24, 2.45) is 0 Å². The predicted octanol–water partition coefficient (Wildman–Crippen LogP) is 2.85. The number of aromatic nitrogens is 2. The van der Waals surface area contributed by atoms with Gasteiger partial charge in [-0.2, -0.15) is 13.5 Å². The average molecular weight is 434 g/mol. The van der Waals surface area contributed by atoms with Gasteiger partial charge < -0.3 is 14.1 Å². The molecular weight excluding hydrogens is 415 g/mol. The molecule has 4 rings (SSSR count). The van der Waals surface area contributed by atoms with Crippen molar-refractivity contribution in [2.45, 2.75) is 17.9 Å². The number of nitrogens with zero attached hydrogens (tertiary/aromatic N) is 2. The van der Waals surface area contributed by atoms with Gasteiger partial charge in [-0.15, -0.1) is 0 Å². The minimum Gasteiger partial charge on any atom is -0.494 e. The Labute approximate surface area is 171 Å². The predicted molar refractivity (Wildman–Crippen MR) is 105 cm³/mol. The Bertz CT molecular complexity index is 1180. The molecule has 11 heteroatoms. The number of ether oxygens (including phenoxy) is 1. The second-order valence-corrected chi connectivity index (χ2v) is 8.34. The SMILES string of the molecule is COc1ccc(NS(=O)(=O)c2ccc(-c3[nH]ncc3C(=O)N3CCCC3)o2)cc1F. The first-order valence-electron chi connectivity index (χ1n) is 9.18. The van der Waals surface area contributed by atoms with E-state index in [4.69, 9.17) is 9.15 Å². The first-order chi connectivity index (χ1) is 14.4. The van der Waals surface area contributed by atoms with Crippen LogP contribution in [0.3, 0.4) is 0 Å². The fourth-order valence-corrected chi connectivity index (χ4v) is 4.25. The summed E-state index contributed by atoms with van der Waals surface area (Å²) in [6.07, 6.45) is 3.28. The van der Waals surface area contributed by atoms with E-state index in [1.807, 2.05) is 0 Å². The number of amides is 1. The van der Waals surface area contributed by atoms with Crippen LogP contribution in [-0.4, -0.2) is 49.6 Å². The summed E-state index contributed by atoms with van der Waals surface area (Å²) in [5, 5.41) is 6.21. The maximum Gasteiger partial charge on any atom is 0.295 e. The number of nitrogens with one attached hydrogen (secondary N) is 2. The van der Waals surface area contributed by atoms with Crippen LogP contribution in [0.1, 0.15) is 23.2 Å². The van der Waals surface area contributed by atoms with Crippen molar-refractivity contribution in [1.29, 1.82) is 0 Å². The lowest BCUT2D eigenvalue weighted by molar-refractivity contribution is 0.0793. The Kier molecular flexibility index (Phi) is 5.20. The number of benzene rings is 1. The van der Waals surface area contributed by atoms with Crippen LogP contribution in [0.15, 0.2) is 46.0 Å². The summed E-state index contributed by atoms with van der Waals surface area (Å²) >= 11 is 0. The number of anilines is 1. The molecule has 9 nitrogen and oxygen atoms in total. The van der Waals surface area contributed by atoms with E-state index in [2.05, 4.69) is 14.9 Å². The largest absolute Gasteiger partial charge is 0.494 e. The van der Waals surface area contributed by atoms with Gasteiger partial charge in [0.05, 0.1) is 24.6 Å². The van der Waals surface area contributed by atoms with Gasteiger partial charge in [-0.25, -0.2) is 4.39 Å². The Balaban J connectivity index is 1.58. The monoisotopic (exact) mass is 434 g/mol. The Morgan fingerprint density at radius 2 is 2.03 bits per heavy atom. The van der Waals surface area contributed by atoms with Crippen LogP contribution < -0.4 is 9.46 Å². The van der Waals surface area contributed by atoms with Crippen LogP contribution in [0, 0.1) is 5.82 Å². The minimum atomic E-state index is -4.12. The molecule has 1 aromatic carbocycles. The summed E-state index contributed by atoms with van der Waals surface area (Å²) in [6, 6.07) is 6.36. The fourth-order valence-electron chi connectivity index (χ4n) is 3.26. The molecule has 1 amide bonds. The molecule has 30 heavy (non-hydrogen) atoms. The van der Waals surface area contributed by atoms with E-state index in [1.165, 1.54) is 37.6 Å². The van der Waals surface area contributed by atoms with Crippen molar-refractivity contribution in [3.8, 4) is 17.2 Å². The Morgan fingerprint density at radius 1 is 1.27 bits per heavy atom. The first-order valence-corrected chi connectivity index (χ1v) is 10.7. The number of rotatable bonds is 6. The van der Waals surface area contributed by atoms with Crippen LogP contribution in [0.2, 0.25) is 0 Å².